The summed E-state index contributed by atoms with van der Waals surface area (Å²) in [4.78, 5) is 24.8. The smallest absolute Gasteiger partial charge is 0.336 e. The number of aromatic carboxylic acids is 2. The maximum atomic E-state index is 12.0. The Morgan fingerprint density at radius 2 is 0.946 bits per heavy atom. The fourth-order valence-corrected chi connectivity index (χ4v) is 5.84. The van der Waals surface area contributed by atoms with E-state index in [9.17, 15) is 30.0 Å². The number of hydrogen-bond acceptors (Lipinski definition) is 5. The van der Waals surface area contributed by atoms with Crippen LogP contribution < -0.4 is 0 Å². The van der Waals surface area contributed by atoms with E-state index < -0.39 is 11.9 Å². The van der Waals surface area contributed by atoms with Crippen molar-refractivity contribution in [1.29, 1.82) is 0 Å². The van der Waals surface area contributed by atoms with Gasteiger partial charge in [0.05, 0.1) is 20.9 Å². The molecule has 37 heavy (non-hydrogen) atoms. The molecule has 0 fully saturated rings. The molecular weight excluding hydrogens is 488 g/mol. The molecule has 204 valence electrons. The molecule has 2 rings (SSSR count). The number of phenols is 2. The zero-order valence-corrected chi connectivity index (χ0v) is 23.0. The molecule has 0 saturated heterocycles. The number of hydrogen-bond donors (Lipinski definition) is 4. The molecular formula is C30H42O6S. The first-order valence-electron chi connectivity index (χ1n) is 13.7. The second-order valence-corrected chi connectivity index (χ2v) is 10.6. The maximum absolute atomic E-state index is 12.0. The first kappa shape index (κ1) is 30.6. The highest BCUT2D eigenvalue weighted by atomic mass is 32.2. The standard InChI is InChI=1S/C30H42O6S/c1-3-5-7-9-11-13-15-21-23(29(33)34)17-19-25(31)27(21)37-28-22(16-14-12-10-8-6-4-2)24(30(35)36)18-20-26(28)32/h17-20,31-32H,3-16H2,1-2H3,(H,33,34)(H,35,36). The Morgan fingerprint density at radius 3 is 1.30 bits per heavy atom. The molecule has 2 aromatic carbocycles. The van der Waals surface area contributed by atoms with Crippen LogP contribution in [0.2, 0.25) is 0 Å². The van der Waals surface area contributed by atoms with E-state index in [-0.39, 0.29) is 22.6 Å². The zero-order chi connectivity index (χ0) is 27.2. The van der Waals surface area contributed by atoms with Gasteiger partial charge in [-0.25, -0.2) is 9.59 Å². The van der Waals surface area contributed by atoms with Crippen molar-refractivity contribution in [2.75, 3.05) is 0 Å². The Morgan fingerprint density at radius 1 is 0.595 bits per heavy atom. The highest BCUT2D eigenvalue weighted by molar-refractivity contribution is 7.99. The molecule has 6 nitrogen and oxygen atoms in total. The second-order valence-electron chi connectivity index (χ2n) is 9.63. The number of unbranched alkanes of at least 4 members (excludes halogenated alkanes) is 10. The minimum atomic E-state index is -1.07. The van der Waals surface area contributed by atoms with Crippen LogP contribution in [0.15, 0.2) is 34.1 Å². The SMILES string of the molecule is CCCCCCCCc1c(C(=O)O)ccc(O)c1Sc1c(O)ccc(C(=O)O)c1CCCCCCCC. The van der Waals surface area contributed by atoms with Gasteiger partial charge in [0.25, 0.3) is 0 Å². The molecule has 7 heteroatoms. The van der Waals surface area contributed by atoms with Crippen LogP contribution in [0.5, 0.6) is 11.5 Å². The monoisotopic (exact) mass is 530 g/mol. The number of carbonyl (C=O) groups is 2. The Kier molecular flexibility index (Phi) is 13.4. The van der Waals surface area contributed by atoms with Gasteiger partial charge in [-0.3, -0.25) is 0 Å². The van der Waals surface area contributed by atoms with Gasteiger partial charge in [0.15, 0.2) is 0 Å². The van der Waals surface area contributed by atoms with Crippen molar-refractivity contribution >= 4 is 23.7 Å². The molecule has 4 N–H and O–H groups in total. The lowest BCUT2D eigenvalue weighted by atomic mass is 9.99. The molecule has 0 unspecified atom stereocenters. The van der Waals surface area contributed by atoms with Gasteiger partial charge in [-0.05, 0) is 61.1 Å². The fourth-order valence-electron chi connectivity index (χ4n) is 4.62. The summed E-state index contributed by atoms with van der Waals surface area (Å²) in [5, 5.41) is 41.2. The predicted octanol–water partition coefficient (Wildman–Crippen LogP) is 8.45. The number of rotatable bonds is 18. The predicted molar refractivity (Wildman–Crippen MR) is 148 cm³/mol. The van der Waals surface area contributed by atoms with Crippen molar-refractivity contribution in [2.24, 2.45) is 0 Å². The number of benzene rings is 2. The Labute approximate surface area is 225 Å². The van der Waals surface area contributed by atoms with Gasteiger partial charge in [-0.1, -0.05) is 89.8 Å². The number of aromatic hydroxyl groups is 2. The summed E-state index contributed by atoms with van der Waals surface area (Å²) in [5.74, 6) is -2.28. The molecule has 0 radical (unpaired) electrons. The minimum absolute atomic E-state index is 0.0679. The largest absolute Gasteiger partial charge is 0.507 e. The average Bonchev–Trinajstić information content (AvgIpc) is 2.86. The first-order chi connectivity index (χ1) is 17.8. The molecule has 2 aromatic rings. The highest BCUT2D eigenvalue weighted by Crippen LogP contribution is 2.45. The summed E-state index contributed by atoms with van der Waals surface area (Å²) in [6.07, 6.45) is 13.5. The van der Waals surface area contributed by atoms with Gasteiger partial charge in [0, 0.05) is 0 Å². The molecule has 0 spiro atoms. The third kappa shape index (κ3) is 9.29. The summed E-state index contributed by atoms with van der Waals surface area (Å²) >= 11 is 1.07. The van der Waals surface area contributed by atoms with E-state index in [4.69, 9.17) is 0 Å². The average molecular weight is 531 g/mol. The summed E-state index contributed by atoms with van der Waals surface area (Å²) < 4.78 is 0. The summed E-state index contributed by atoms with van der Waals surface area (Å²) in [5.41, 5.74) is 1.30. The van der Waals surface area contributed by atoms with Gasteiger partial charge in [0.1, 0.15) is 11.5 Å². The highest BCUT2D eigenvalue weighted by Gasteiger charge is 2.23. The van der Waals surface area contributed by atoms with Crippen molar-refractivity contribution < 1.29 is 30.0 Å². The molecule has 0 amide bonds. The third-order valence-corrected chi connectivity index (χ3v) is 8.02. The van der Waals surface area contributed by atoms with Gasteiger partial charge >= 0.3 is 11.9 Å². The van der Waals surface area contributed by atoms with E-state index in [1.165, 1.54) is 37.1 Å². The van der Waals surface area contributed by atoms with Crippen LogP contribution in [-0.2, 0) is 12.8 Å². The zero-order valence-electron chi connectivity index (χ0n) is 22.2. The van der Waals surface area contributed by atoms with E-state index in [0.717, 1.165) is 76.0 Å². The lowest BCUT2D eigenvalue weighted by Gasteiger charge is -2.18. The lowest BCUT2D eigenvalue weighted by Crippen LogP contribution is -2.06. The van der Waals surface area contributed by atoms with Crippen molar-refractivity contribution in [3.63, 3.8) is 0 Å². The summed E-state index contributed by atoms with van der Waals surface area (Å²) in [6, 6.07) is 5.56. The first-order valence-corrected chi connectivity index (χ1v) is 14.5. The Bertz CT molecular complexity index is 952. The summed E-state index contributed by atoms with van der Waals surface area (Å²) in [7, 11) is 0. The maximum Gasteiger partial charge on any atom is 0.336 e. The van der Waals surface area contributed by atoms with Crippen LogP contribution in [-0.4, -0.2) is 32.4 Å². The van der Waals surface area contributed by atoms with Crippen LogP contribution in [0.3, 0.4) is 0 Å². The van der Waals surface area contributed by atoms with Crippen LogP contribution in [0.4, 0.5) is 0 Å². The van der Waals surface area contributed by atoms with E-state index in [0.29, 0.717) is 33.8 Å². The molecule has 0 aliphatic heterocycles. The van der Waals surface area contributed by atoms with E-state index in [1.54, 1.807) is 0 Å². The quantitative estimate of drug-likeness (QED) is 0.143. The van der Waals surface area contributed by atoms with Crippen LogP contribution in [0.25, 0.3) is 0 Å². The molecule has 0 saturated carbocycles. The summed E-state index contributed by atoms with van der Waals surface area (Å²) in [6.45, 7) is 4.32. The number of carboxylic acid groups (broad SMARTS) is 2. The third-order valence-electron chi connectivity index (χ3n) is 6.71. The van der Waals surface area contributed by atoms with Crippen LogP contribution >= 0.6 is 11.8 Å². The number of carboxylic acids is 2. The molecule has 0 aliphatic carbocycles. The van der Waals surface area contributed by atoms with Crippen molar-refractivity contribution in [3.8, 4) is 11.5 Å². The van der Waals surface area contributed by atoms with Crippen molar-refractivity contribution in [3.05, 3.63) is 46.5 Å². The second kappa shape index (κ2) is 16.2. The molecule has 0 heterocycles. The lowest BCUT2D eigenvalue weighted by molar-refractivity contribution is 0.0684. The van der Waals surface area contributed by atoms with E-state index in [1.807, 2.05) is 0 Å². The topological polar surface area (TPSA) is 115 Å². The van der Waals surface area contributed by atoms with Gasteiger partial charge in [0.2, 0.25) is 0 Å². The normalized spacial score (nSPS) is 11.1. The fraction of sp³-hybridized carbons (Fsp3) is 0.533. The molecule has 0 aromatic heterocycles. The molecule has 0 bridgehead atoms. The molecule has 0 aliphatic rings. The van der Waals surface area contributed by atoms with Gasteiger partial charge < -0.3 is 20.4 Å². The van der Waals surface area contributed by atoms with Crippen molar-refractivity contribution in [1.82, 2.24) is 0 Å². The van der Waals surface area contributed by atoms with Gasteiger partial charge in [-0.2, -0.15) is 0 Å². The number of phenolic OH excluding ortho intramolecular Hbond substituents is 2. The van der Waals surface area contributed by atoms with Gasteiger partial charge in [-0.15, -0.1) is 0 Å². The van der Waals surface area contributed by atoms with Crippen molar-refractivity contribution in [2.45, 2.75) is 114 Å². The Hall–Kier alpha value is -2.67. The minimum Gasteiger partial charge on any atom is -0.507 e. The Balaban J connectivity index is 2.39. The van der Waals surface area contributed by atoms with E-state index >= 15 is 0 Å². The van der Waals surface area contributed by atoms with E-state index in [2.05, 4.69) is 13.8 Å². The molecule has 0 atom stereocenters. The van der Waals surface area contributed by atoms with Crippen LogP contribution in [0, 0.1) is 0 Å². The van der Waals surface area contributed by atoms with Crippen LogP contribution in [0.1, 0.15) is 123 Å².